The third-order valence-corrected chi connectivity index (χ3v) is 5.08. The zero-order valence-electron chi connectivity index (χ0n) is 12.4. The first kappa shape index (κ1) is 14.6. The van der Waals surface area contributed by atoms with E-state index in [-0.39, 0.29) is 17.6 Å². The molecule has 0 radical (unpaired) electrons. The fraction of sp³-hybridized carbons (Fsp3) is 0.529. The van der Waals surface area contributed by atoms with Crippen molar-refractivity contribution in [2.45, 2.75) is 44.9 Å². The Kier molecular flexibility index (Phi) is 3.56. The number of fused-ring (bicyclic) bond motifs is 2. The number of rotatable bonds is 2. The molecule has 2 aliphatic rings. The Morgan fingerprint density at radius 3 is 2.86 bits per heavy atom. The van der Waals surface area contributed by atoms with Crippen LogP contribution in [0, 0.1) is 11.8 Å². The van der Waals surface area contributed by atoms with Crippen molar-refractivity contribution in [2.75, 3.05) is 5.32 Å². The average Bonchev–Trinajstić information content (AvgIpc) is 2.66. The molecule has 0 saturated heterocycles. The largest absolute Gasteiger partial charge is 0.325 e. The number of halogens is 1. The Morgan fingerprint density at radius 1 is 1.38 bits per heavy atom. The molecular formula is C17H20ClNO2. The van der Waals surface area contributed by atoms with Gasteiger partial charge in [-0.05, 0) is 42.4 Å². The molecule has 1 aromatic carbocycles. The van der Waals surface area contributed by atoms with Gasteiger partial charge in [-0.15, -0.1) is 0 Å². The minimum absolute atomic E-state index is 0.0397. The molecule has 1 aromatic rings. The lowest BCUT2D eigenvalue weighted by Gasteiger charge is -2.40. The van der Waals surface area contributed by atoms with E-state index in [4.69, 9.17) is 11.6 Å². The van der Waals surface area contributed by atoms with Crippen molar-refractivity contribution in [2.24, 2.45) is 11.8 Å². The third-order valence-electron chi connectivity index (χ3n) is 4.84. The molecular weight excluding hydrogens is 286 g/mol. The Hall–Kier alpha value is -1.35. The average molecular weight is 306 g/mol. The van der Waals surface area contributed by atoms with Crippen LogP contribution >= 0.6 is 11.6 Å². The maximum absolute atomic E-state index is 12.8. The summed E-state index contributed by atoms with van der Waals surface area (Å²) in [5, 5.41) is 3.61. The van der Waals surface area contributed by atoms with Gasteiger partial charge in [0.15, 0.2) is 0 Å². The van der Waals surface area contributed by atoms with Crippen molar-refractivity contribution in [3.05, 3.63) is 28.8 Å². The van der Waals surface area contributed by atoms with Crippen LogP contribution in [0.4, 0.5) is 5.69 Å². The molecule has 1 spiro atoms. The second-order valence-corrected chi connectivity index (χ2v) is 7.12. The number of hydrogen-bond acceptors (Lipinski definition) is 2. The van der Waals surface area contributed by atoms with E-state index in [1.54, 1.807) is 0 Å². The molecule has 1 amide bonds. The SMILES string of the molecule is CC(C)C[C@H]1CC(=O)CC[C@]12C(=O)Nc1cc(Cl)ccc12. The Labute approximate surface area is 130 Å². The predicted molar refractivity (Wildman–Crippen MR) is 83.6 cm³/mol. The van der Waals surface area contributed by atoms with E-state index in [9.17, 15) is 9.59 Å². The summed E-state index contributed by atoms with van der Waals surface area (Å²) in [5.74, 6) is 0.863. The first-order chi connectivity index (χ1) is 9.93. The van der Waals surface area contributed by atoms with Gasteiger partial charge in [0.05, 0.1) is 5.41 Å². The lowest BCUT2D eigenvalue weighted by atomic mass is 9.61. The van der Waals surface area contributed by atoms with E-state index in [0.717, 1.165) is 17.7 Å². The highest BCUT2D eigenvalue weighted by atomic mass is 35.5. The summed E-state index contributed by atoms with van der Waals surface area (Å²) >= 11 is 6.04. The monoisotopic (exact) mass is 305 g/mol. The lowest BCUT2D eigenvalue weighted by molar-refractivity contribution is -0.130. The maximum atomic E-state index is 12.8. The minimum Gasteiger partial charge on any atom is -0.325 e. The number of nitrogens with one attached hydrogen (secondary N) is 1. The van der Waals surface area contributed by atoms with Crippen LogP contribution in [0.1, 0.15) is 45.1 Å². The number of Topliss-reactive ketones (excluding diaryl/α,β-unsaturated/α-hetero) is 1. The topological polar surface area (TPSA) is 46.2 Å². The van der Waals surface area contributed by atoms with Crippen molar-refractivity contribution >= 4 is 29.0 Å². The van der Waals surface area contributed by atoms with Crippen LogP contribution in [0.2, 0.25) is 5.02 Å². The van der Waals surface area contributed by atoms with Gasteiger partial charge in [0.1, 0.15) is 5.78 Å². The van der Waals surface area contributed by atoms with Crippen LogP contribution in [0.3, 0.4) is 0 Å². The van der Waals surface area contributed by atoms with Gasteiger partial charge >= 0.3 is 0 Å². The summed E-state index contributed by atoms with van der Waals surface area (Å²) < 4.78 is 0. The van der Waals surface area contributed by atoms with Crippen LogP contribution < -0.4 is 5.32 Å². The molecule has 0 bridgehead atoms. The molecule has 1 aliphatic heterocycles. The summed E-state index contributed by atoms with van der Waals surface area (Å²) in [6.07, 6.45) is 2.50. The van der Waals surface area contributed by atoms with E-state index in [1.807, 2.05) is 18.2 Å². The third kappa shape index (κ3) is 2.28. The summed E-state index contributed by atoms with van der Waals surface area (Å²) in [7, 11) is 0. The first-order valence-electron chi connectivity index (χ1n) is 7.56. The zero-order valence-corrected chi connectivity index (χ0v) is 13.2. The Morgan fingerprint density at radius 2 is 2.14 bits per heavy atom. The summed E-state index contributed by atoms with van der Waals surface area (Å²) in [5.41, 5.74) is 1.30. The number of hydrogen-bond donors (Lipinski definition) is 1. The van der Waals surface area contributed by atoms with Crippen LogP contribution in [-0.4, -0.2) is 11.7 Å². The van der Waals surface area contributed by atoms with E-state index in [1.165, 1.54) is 0 Å². The molecule has 1 aliphatic carbocycles. The van der Waals surface area contributed by atoms with Crippen LogP contribution in [0.15, 0.2) is 18.2 Å². The summed E-state index contributed by atoms with van der Waals surface area (Å²) in [6, 6.07) is 5.61. The van der Waals surface area contributed by atoms with Gasteiger partial charge < -0.3 is 5.32 Å². The second-order valence-electron chi connectivity index (χ2n) is 6.68. The smallest absolute Gasteiger partial charge is 0.235 e. The fourth-order valence-corrected chi connectivity index (χ4v) is 4.14. The van der Waals surface area contributed by atoms with Crippen molar-refractivity contribution in [1.29, 1.82) is 0 Å². The number of benzene rings is 1. The molecule has 4 heteroatoms. The van der Waals surface area contributed by atoms with Gasteiger partial charge in [-0.25, -0.2) is 0 Å². The number of carbonyl (C=O) groups is 2. The molecule has 0 unspecified atom stereocenters. The molecule has 0 aromatic heterocycles. The number of ketones is 1. The molecule has 112 valence electrons. The van der Waals surface area contributed by atoms with Crippen molar-refractivity contribution in [3.63, 3.8) is 0 Å². The Bertz CT molecular complexity index is 611. The highest BCUT2D eigenvalue weighted by Gasteiger charge is 2.54. The van der Waals surface area contributed by atoms with Gasteiger partial charge in [-0.3, -0.25) is 9.59 Å². The summed E-state index contributed by atoms with van der Waals surface area (Å²) in [4.78, 5) is 24.7. The van der Waals surface area contributed by atoms with Gasteiger partial charge in [0, 0.05) is 23.6 Å². The van der Waals surface area contributed by atoms with E-state index in [2.05, 4.69) is 19.2 Å². The molecule has 2 atom stereocenters. The number of amides is 1. The molecule has 3 nitrogen and oxygen atoms in total. The number of anilines is 1. The molecule has 1 fully saturated rings. The highest BCUT2D eigenvalue weighted by molar-refractivity contribution is 6.31. The normalized spacial score (nSPS) is 28.1. The second kappa shape index (κ2) is 5.13. The lowest BCUT2D eigenvalue weighted by Crippen LogP contribution is -2.46. The van der Waals surface area contributed by atoms with Crippen LogP contribution in [-0.2, 0) is 15.0 Å². The molecule has 1 N–H and O–H groups in total. The van der Waals surface area contributed by atoms with E-state index in [0.29, 0.717) is 30.2 Å². The van der Waals surface area contributed by atoms with Gasteiger partial charge in [-0.1, -0.05) is 31.5 Å². The quantitative estimate of drug-likeness (QED) is 0.899. The maximum Gasteiger partial charge on any atom is 0.235 e. The van der Waals surface area contributed by atoms with Gasteiger partial charge in [-0.2, -0.15) is 0 Å². The standard InChI is InChI=1S/C17H20ClNO2/c1-10(2)7-11-8-13(20)5-6-17(11)14-4-3-12(18)9-15(14)19-16(17)21/h3-4,9-11H,5-8H2,1-2H3,(H,19,21)/t11-,17-/m0/s1. The molecule has 21 heavy (non-hydrogen) atoms. The molecule has 1 saturated carbocycles. The van der Waals surface area contributed by atoms with Gasteiger partial charge in [0.2, 0.25) is 5.91 Å². The molecule has 3 rings (SSSR count). The summed E-state index contributed by atoms with van der Waals surface area (Å²) in [6.45, 7) is 4.28. The van der Waals surface area contributed by atoms with Crippen molar-refractivity contribution in [1.82, 2.24) is 0 Å². The fourth-order valence-electron chi connectivity index (χ4n) is 3.96. The predicted octanol–water partition coefficient (Wildman–Crippen LogP) is 3.95. The van der Waals surface area contributed by atoms with Crippen molar-refractivity contribution < 1.29 is 9.59 Å². The molecule has 1 heterocycles. The van der Waals surface area contributed by atoms with Crippen molar-refractivity contribution in [3.8, 4) is 0 Å². The first-order valence-corrected chi connectivity index (χ1v) is 7.94. The van der Waals surface area contributed by atoms with Gasteiger partial charge in [0.25, 0.3) is 0 Å². The highest BCUT2D eigenvalue weighted by Crippen LogP contribution is 2.52. The van der Waals surface area contributed by atoms with Crippen LogP contribution in [0.5, 0.6) is 0 Å². The van der Waals surface area contributed by atoms with E-state index < -0.39 is 5.41 Å². The Balaban J connectivity index is 2.09. The zero-order chi connectivity index (χ0) is 15.2. The minimum atomic E-state index is -0.544. The number of carbonyl (C=O) groups excluding carboxylic acids is 2. The van der Waals surface area contributed by atoms with E-state index >= 15 is 0 Å². The van der Waals surface area contributed by atoms with Crippen LogP contribution in [0.25, 0.3) is 0 Å².